The minimum Gasteiger partial charge on any atom is -0.465 e. The Morgan fingerprint density at radius 2 is 1.94 bits per heavy atom. The molecule has 3 rings (SSSR count). The molecule has 0 N–H and O–H groups in total. The summed E-state index contributed by atoms with van der Waals surface area (Å²) in [6, 6.07) is 8.74. The smallest absolute Gasteiger partial charge is 0.339 e. The Kier molecular flexibility index (Phi) is 7.71. The van der Waals surface area contributed by atoms with E-state index in [1.54, 1.807) is 22.8 Å². The number of methoxy groups -OCH3 is 1. The van der Waals surface area contributed by atoms with Gasteiger partial charge in [-0.05, 0) is 24.2 Å². The van der Waals surface area contributed by atoms with Gasteiger partial charge in [-0.25, -0.2) is 19.2 Å². The molecule has 0 unspecified atom stereocenters. The van der Waals surface area contributed by atoms with Crippen LogP contribution in [0.25, 0.3) is 22.8 Å². The lowest BCUT2D eigenvalue weighted by Gasteiger charge is -2.16. The number of nitrogens with zero attached hydrogens (tertiary/aromatic N) is 3. The Bertz CT molecular complexity index is 1110. The molecule has 0 fully saturated rings. The number of aromatic nitrogens is 3. The fourth-order valence-electron chi connectivity index (χ4n) is 2.94. The van der Waals surface area contributed by atoms with Crippen molar-refractivity contribution in [3.63, 3.8) is 0 Å². The number of halogens is 3. The van der Waals surface area contributed by atoms with Crippen LogP contribution in [-0.2, 0) is 16.2 Å². The van der Waals surface area contributed by atoms with E-state index < -0.39 is 19.9 Å². The maximum absolute atomic E-state index is 13.4. The molecule has 10 heteroatoms. The standard InChI is InChI=1S/C22H24Cl2FN3O3Si/c1-30-22(29)16-7-5-6-15(18(16)23)19-20(24)28(13-31-10-11-32(2,3)4)21(27-19)17-9-8-14(25)12-26-17/h5-9,12H,10-11,13H2,1-4H3. The number of rotatable bonds is 8. The molecule has 0 spiro atoms. The molecule has 0 atom stereocenters. The lowest BCUT2D eigenvalue weighted by molar-refractivity contribution is 0.0601. The Labute approximate surface area is 197 Å². The zero-order valence-electron chi connectivity index (χ0n) is 18.3. The van der Waals surface area contributed by atoms with Gasteiger partial charge in [0.25, 0.3) is 0 Å². The Hall–Kier alpha value is -2.26. The normalized spacial score (nSPS) is 11.6. The van der Waals surface area contributed by atoms with Gasteiger partial charge >= 0.3 is 5.97 Å². The molecular formula is C22H24Cl2FN3O3Si. The first-order valence-corrected chi connectivity index (χ1v) is 14.4. The molecule has 2 aromatic heterocycles. The highest BCUT2D eigenvalue weighted by Gasteiger charge is 2.23. The van der Waals surface area contributed by atoms with Gasteiger partial charge in [0.1, 0.15) is 29.1 Å². The Morgan fingerprint density at radius 1 is 1.19 bits per heavy atom. The number of imidazole rings is 1. The van der Waals surface area contributed by atoms with E-state index in [0.717, 1.165) is 12.2 Å². The van der Waals surface area contributed by atoms with Gasteiger partial charge < -0.3 is 9.47 Å². The molecule has 0 aliphatic heterocycles. The van der Waals surface area contributed by atoms with Crippen LogP contribution < -0.4 is 0 Å². The predicted octanol–water partition coefficient (Wildman–Crippen LogP) is 6.16. The quantitative estimate of drug-likeness (QED) is 0.212. The lowest BCUT2D eigenvalue weighted by atomic mass is 10.1. The molecule has 0 amide bonds. The first-order valence-electron chi connectivity index (χ1n) is 9.95. The first kappa shape index (κ1) is 24.4. The summed E-state index contributed by atoms with van der Waals surface area (Å²) in [5.74, 6) is -0.626. The molecular weight excluding hydrogens is 472 g/mol. The van der Waals surface area contributed by atoms with Crippen molar-refractivity contribution in [3.05, 3.63) is 58.1 Å². The maximum atomic E-state index is 13.4. The van der Waals surface area contributed by atoms with Gasteiger partial charge in [0.05, 0.1) is 23.9 Å². The topological polar surface area (TPSA) is 66.2 Å². The third kappa shape index (κ3) is 5.56. The molecule has 170 valence electrons. The van der Waals surface area contributed by atoms with Crippen LogP contribution in [0.5, 0.6) is 0 Å². The van der Waals surface area contributed by atoms with Gasteiger partial charge in [0, 0.05) is 20.2 Å². The van der Waals surface area contributed by atoms with Crippen LogP contribution >= 0.6 is 23.2 Å². The van der Waals surface area contributed by atoms with Crippen LogP contribution in [-0.4, -0.2) is 42.3 Å². The van der Waals surface area contributed by atoms with E-state index in [-0.39, 0.29) is 22.5 Å². The fraction of sp³-hybridized carbons (Fsp3) is 0.318. The zero-order chi connectivity index (χ0) is 23.5. The fourth-order valence-corrected chi connectivity index (χ4v) is 4.26. The van der Waals surface area contributed by atoms with Crippen molar-refractivity contribution in [1.29, 1.82) is 0 Å². The monoisotopic (exact) mass is 495 g/mol. The number of carbonyl (C=O) groups excluding carboxylic acids is 1. The SMILES string of the molecule is COC(=O)c1cccc(-c2nc(-c3ccc(F)cn3)n(COCC[Si](C)(C)C)c2Cl)c1Cl. The highest BCUT2D eigenvalue weighted by atomic mass is 35.5. The van der Waals surface area contributed by atoms with E-state index in [9.17, 15) is 9.18 Å². The van der Waals surface area contributed by atoms with Gasteiger partial charge in [-0.2, -0.15) is 0 Å². The van der Waals surface area contributed by atoms with Crippen molar-refractivity contribution >= 4 is 37.2 Å². The van der Waals surface area contributed by atoms with Crippen molar-refractivity contribution in [3.8, 4) is 22.8 Å². The summed E-state index contributed by atoms with van der Waals surface area (Å²) < 4.78 is 25.8. The third-order valence-electron chi connectivity index (χ3n) is 4.74. The summed E-state index contributed by atoms with van der Waals surface area (Å²) in [5.41, 5.74) is 1.44. The van der Waals surface area contributed by atoms with Crippen molar-refractivity contribution in [2.45, 2.75) is 32.4 Å². The van der Waals surface area contributed by atoms with Crippen LogP contribution in [0.3, 0.4) is 0 Å². The molecule has 0 aliphatic rings. The maximum Gasteiger partial charge on any atom is 0.339 e. The predicted molar refractivity (Wildman–Crippen MR) is 126 cm³/mol. The molecule has 32 heavy (non-hydrogen) atoms. The van der Waals surface area contributed by atoms with E-state index in [4.69, 9.17) is 32.7 Å². The van der Waals surface area contributed by atoms with Gasteiger partial charge in [-0.15, -0.1) is 0 Å². The molecule has 0 saturated carbocycles. The van der Waals surface area contributed by atoms with Gasteiger partial charge in [-0.1, -0.05) is 55.0 Å². The number of ether oxygens (including phenoxy) is 2. The molecule has 1 aromatic carbocycles. The van der Waals surface area contributed by atoms with Crippen molar-refractivity contribution in [2.24, 2.45) is 0 Å². The van der Waals surface area contributed by atoms with Gasteiger partial charge in [0.15, 0.2) is 5.82 Å². The minimum atomic E-state index is -1.27. The molecule has 0 radical (unpaired) electrons. The number of hydrogen-bond donors (Lipinski definition) is 0. The minimum absolute atomic E-state index is 0.138. The van der Waals surface area contributed by atoms with Crippen LogP contribution in [0.1, 0.15) is 10.4 Å². The zero-order valence-corrected chi connectivity index (χ0v) is 20.8. The van der Waals surface area contributed by atoms with Crippen LogP contribution in [0.2, 0.25) is 35.9 Å². The summed E-state index contributed by atoms with van der Waals surface area (Å²) in [4.78, 5) is 20.8. The average molecular weight is 496 g/mol. The summed E-state index contributed by atoms with van der Waals surface area (Å²) in [6.45, 7) is 7.52. The van der Waals surface area contributed by atoms with Crippen LogP contribution in [0.15, 0.2) is 36.5 Å². The van der Waals surface area contributed by atoms with Crippen LogP contribution in [0, 0.1) is 5.82 Å². The molecule has 3 aromatic rings. The van der Waals surface area contributed by atoms with Gasteiger partial charge in [-0.3, -0.25) is 4.57 Å². The van der Waals surface area contributed by atoms with E-state index in [0.29, 0.717) is 29.4 Å². The second kappa shape index (κ2) is 10.1. The highest BCUT2D eigenvalue weighted by Crippen LogP contribution is 2.37. The molecule has 2 heterocycles. The summed E-state index contributed by atoms with van der Waals surface area (Å²) in [6.07, 6.45) is 1.11. The number of pyridine rings is 1. The van der Waals surface area contributed by atoms with Gasteiger partial charge in [0.2, 0.25) is 0 Å². The molecule has 0 bridgehead atoms. The van der Waals surface area contributed by atoms with Crippen molar-refractivity contribution < 1.29 is 18.7 Å². The molecule has 6 nitrogen and oxygen atoms in total. The second-order valence-electron chi connectivity index (χ2n) is 8.37. The third-order valence-corrected chi connectivity index (χ3v) is 7.23. The number of hydrogen-bond acceptors (Lipinski definition) is 5. The summed E-state index contributed by atoms with van der Waals surface area (Å²) >= 11 is 13.2. The average Bonchev–Trinajstić information content (AvgIpc) is 3.07. The summed E-state index contributed by atoms with van der Waals surface area (Å²) in [5, 5.41) is 0.437. The van der Waals surface area contributed by atoms with E-state index in [1.807, 2.05) is 0 Å². The van der Waals surface area contributed by atoms with Crippen molar-refractivity contribution in [2.75, 3.05) is 13.7 Å². The first-order chi connectivity index (χ1) is 15.1. The highest BCUT2D eigenvalue weighted by molar-refractivity contribution is 6.76. The lowest BCUT2D eigenvalue weighted by Crippen LogP contribution is -2.22. The van der Waals surface area contributed by atoms with E-state index in [1.165, 1.54) is 19.2 Å². The van der Waals surface area contributed by atoms with Crippen LogP contribution in [0.4, 0.5) is 4.39 Å². The van der Waals surface area contributed by atoms with E-state index >= 15 is 0 Å². The number of esters is 1. The Morgan fingerprint density at radius 3 is 2.56 bits per heavy atom. The largest absolute Gasteiger partial charge is 0.465 e. The number of carbonyl (C=O) groups is 1. The van der Waals surface area contributed by atoms with E-state index in [2.05, 4.69) is 29.6 Å². The summed E-state index contributed by atoms with van der Waals surface area (Å²) in [7, 11) is 0.0143. The number of benzene rings is 1. The van der Waals surface area contributed by atoms with Crippen molar-refractivity contribution in [1.82, 2.24) is 14.5 Å². The molecule has 0 saturated heterocycles. The second-order valence-corrected chi connectivity index (χ2v) is 14.7. The Balaban J connectivity index is 2.05. The molecule has 0 aliphatic carbocycles.